The summed E-state index contributed by atoms with van der Waals surface area (Å²) in [5.74, 6) is -0.424. The highest BCUT2D eigenvalue weighted by Crippen LogP contribution is 2.39. The van der Waals surface area contributed by atoms with Crippen LogP contribution in [0, 0.1) is 0 Å². The molecule has 0 bridgehead atoms. The van der Waals surface area contributed by atoms with Gasteiger partial charge in [-0.05, 0) is 19.9 Å². The molecule has 1 aliphatic heterocycles. The second-order valence-corrected chi connectivity index (χ2v) is 6.92. The maximum Gasteiger partial charge on any atom is 0.347 e. The van der Waals surface area contributed by atoms with Crippen molar-refractivity contribution in [2.75, 3.05) is 33.2 Å². The molecule has 1 aromatic rings. The number of carbonyl (C=O) groups is 1. The molecule has 5 nitrogen and oxygen atoms in total. The molecule has 1 aromatic heterocycles. The Hall–Kier alpha value is -0.980. The molecule has 1 saturated carbocycles. The molecule has 1 saturated heterocycles. The monoisotopic (exact) mass is 295 g/mol. The highest BCUT2D eigenvalue weighted by atomic mass is 32.1. The molecule has 110 valence electrons. The fraction of sp³-hybridized carbons (Fsp3) is 0.714. The molecular formula is C14H21N3O2S. The number of hydrogen-bond acceptors (Lipinski definition) is 5. The highest BCUT2D eigenvalue weighted by Gasteiger charge is 2.29. The number of hydrogen-bond donors (Lipinski definition) is 1. The van der Waals surface area contributed by atoms with Gasteiger partial charge in [-0.1, -0.05) is 6.42 Å². The van der Waals surface area contributed by atoms with Gasteiger partial charge in [-0.25, -0.2) is 9.78 Å². The summed E-state index contributed by atoms with van der Waals surface area (Å²) < 4.78 is 0. The molecule has 2 fully saturated rings. The minimum atomic E-state index is -0.811. The Balaban J connectivity index is 1.71. The fourth-order valence-electron chi connectivity index (χ4n) is 2.75. The fourth-order valence-corrected chi connectivity index (χ4v) is 3.79. The normalized spacial score (nSPS) is 21.9. The summed E-state index contributed by atoms with van der Waals surface area (Å²) in [4.78, 5) is 21.2. The minimum absolute atomic E-state index is 0.388. The molecule has 1 aliphatic carbocycles. The Morgan fingerprint density at radius 3 is 2.60 bits per heavy atom. The SMILES string of the molecule is CN1CCN(Cc2nc(C3CCC3)c(C(=O)O)s2)CC1. The minimum Gasteiger partial charge on any atom is -0.477 e. The third kappa shape index (κ3) is 2.87. The summed E-state index contributed by atoms with van der Waals surface area (Å²) in [6, 6.07) is 0. The van der Waals surface area contributed by atoms with E-state index in [1.165, 1.54) is 17.8 Å². The first-order chi connectivity index (χ1) is 9.63. The van der Waals surface area contributed by atoms with E-state index in [9.17, 15) is 9.90 Å². The van der Waals surface area contributed by atoms with E-state index >= 15 is 0 Å². The molecule has 0 amide bonds. The number of rotatable bonds is 4. The predicted octanol–water partition coefficient (Wildman–Crippen LogP) is 1.86. The van der Waals surface area contributed by atoms with Gasteiger partial charge in [0.05, 0.1) is 12.2 Å². The van der Waals surface area contributed by atoms with Gasteiger partial charge in [0.15, 0.2) is 0 Å². The van der Waals surface area contributed by atoms with Gasteiger partial charge >= 0.3 is 5.97 Å². The van der Waals surface area contributed by atoms with Crippen LogP contribution in [0.4, 0.5) is 0 Å². The standard InChI is InChI=1S/C14H21N3O2S/c1-16-5-7-17(8-6-16)9-11-15-12(10-3-2-4-10)13(20-11)14(18)19/h10H,2-9H2,1H3,(H,18,19). The first kappa shape index (κ1) is 14.0. The van der Waals surface area contributed by atoms with Crippen molar-refractivity contribution in [3.8, 4) is 0 Å². The third-order valence-corrected chi connectivity index (χ3v) is 5.38. The summed E-state index contributed by atoms with van der Waals surface area (Å²) >= 11 is 1.37. The topological polar surface area (TPSA) is 56.7 Å². The summed E-state index contributed by atoms with van der Waals surface area (Å²) in [6.07, 6.45) is 3.39. The van der Waals surface area contributed by atoms with E-state index in [-0.39, 0.29) is 0 Å². The summed E-state index contributed by atoms with van der Waals surface area (Å²) in [5, 5.41) is 10.3. The Kier molecular flexibility index (Phi) is 4.05. The van der Waals surface area contributed by atoms with Crippen molar-refractivity contribution in [1.82, 2.24) is 14.8 Å². The van der Waals surface area contributed by atoms with Crippen LogP contribution in [0.15, 0.2) is 0 Å². The molecule has 20 heavy (non-hydrogen) atoms. The Bertz CT molecular complexity index is 491. The van der Waals surface area contributed by atoms with Gasteiger partial charge in [0, 0.05) is 32.1 Å². The van der Waals surface area contributed by atoms with Crippen molar-refractivity contribution in [2.45, 2.75) is 31.7 Å². The molecule has 0 spiro atoms. The van der Waals surface area contributed by atoms with Crippen molar-refractivity contribution in [1.29, 1.82) is 0 Å². The number of carboxylic acids is 1. The number of likely N-dealkylation sites (N-methyl/N-ethyl adjacent to an activating group) is 1. The van der Waals surface area contributed by atoms with Crippen molar-refractivity contribution >= 4 is 17.3 Å². The molecule has 3 rings (SSSR count). The summed E-state index contributed by atoms with van der Waals surface area (Å²) in [5.41, 5.74) is 0.845. The molecule has 2 heterocycles. The van der Waals surface area contributed by atoms with E-state index < -0.39 is 5.97 Å². The molecule has 0 aromatic carbocycles. The van der Waals surface area contributed by atoms with Crippen LogP contribution in [0.5, 0.6) is 0 Å². The molecule has 2 aliphatic rings. The molecule has 0 radical (unpaired) electrons. The first-order valence-corrected chi connectivity index (χ1v) is 8.09. The van der Waals surface area contributed by atoms with Crippen LogP contribution < -0.4 is 0 Å². The Labute approximate surface area is 123 Å². The molecule has 0 unspecified atom stereocenters. The lowest BCUT2D eigenvalue weighted by Crippen LogP contribution is -2.43. The van der Waals surface area contributed by atoms with Gasteiger partial charge in [0.2, 0.25) is 0 Å². The Morgan fingerprint density at radius 1 is 1.35 bits per heavy atom. The van der Waals surface area contributed by atoms with Crippen molar-refractivity contribution in [3.05, 3.63) is 15.6 Å². The van der Waals surface area contributed by atoms with Gasteiger partial charge in [-0.3, -0.25) is 4.90 Å². The van der Waals surface area contributed by atoms with Crippen molar-refractivity contribution < 1.29 is 9.90 Å². The number of aromatic nitrogens is 1. The van der Waals surface area contributed by atoms with Gasteiger partial charge in [-0.2, -0.15) is 0 Å². The van der Waals surface area contributed by atoms with Crippen LogP contribution in [0.25, 0.3) is 0 Å². The zero-order valence-corrected chi connectivity index (χ0v) is 12.7. The largest absolute Gasteiger partial charge is 0.477 e. The highest BCUT2D eigenvalue weighted by molar-refractivity contribution is 7.13. The van der Waals surface area contributed by atoms with Gasteiger partial charge in [0.25, 0.3) is 0 Å². The summed E-state index contributed by atoms with van der Waals surface area (Å²) in [7, 11) is 2.14. The lowest BCUT2D eigenvalue weighted by Gasteiger charge is -2.31. The number of nitrogens with zero attached hydrogens (tertiary/aromatic N) is 3. The van der Waals surface area contributed by atoms with Gasteiger partial charge in [0.1, 0.15) is 9.88 Å². The number of thiazole rings is 1. The average Bonchev–Trinajstić information content (AvgIpc) is 2.74. The predicted molar refractivity (Wildman–Crippen MR) is 78.4 cm³/mol. The zero-order chi connectivity index (χ0) is 14.1. The maximum absolute atomic E-state index is 11.4. The second kappa shape index (κ2) is 5.79. The van der Waals surface area contributed by atoms with E-state index in [0.717, 1.165) is 56.3 Å². The zero-order valence-electron chi connectivity index (χ0n) is 11.8. The number of carboxylic acid groups (broad SMARTS) is 1. The quantitative estimate of drug-likeness (QED) is 0.919. The molecular weight excluding hydrogens is 274 g/mol. The number of aromatic carboxylic acids is 1. The number of piperazine rings is 1. The van der Waals surface area contributed by atoms with Crippen LogP contribution in [-0.2, 0) is 6.54 Å². The van der Waals surface area contributed by atoms with Gasteiger partial charge in [-0.15, -0.1) is 11.3 Å². The van der Waals surface area contributed by atoms with Crippen LogP contribution in [0.1, 0.15) is 45.6 Å². The van der Waals surface area contributed by atoms with E-state index in [1.807, 2.05) is 0 Å². The molecule has 6 heteroatoms. The lowest BCUT2D eigenvalue weighted by molar-refractivity contribution is 0.0699. The first-order valence-electron chi connectivity index (χ1n) is 7.27. The summed E-state index contributed by atoms with van der Waals surface area (Å²) in [6.45, 7) is 5.03. The molecule has 0 atom stereocenters. The smallest absolute Gasteiger partial charge is 0.347 e. The van der Waals surface area contributed by atoms with Crippen molar-refractivity contribution in [3.63, 3.8) is 0 Å². The lowest BCUT2D eigenvalue weighted by atomic mass is 9.82. The van der Waals surface area contributed by atoms with Crippen LogP contribution in [0.2, 0.25) is 0 Å². The third-order valence-electron chi connectivity index (χ3n) is 4.34. The van der Waals surface area contributed by atoms with E-state index in [2.05, 4.69) is 21.8 Å². The average molecular weight is 295 g/mol. The van der Waals surface area contributed by atoms with Gasteiger partial charge < -0.3 is 10.0 Å². The Morgan fingerprint density at radius 2 is 2.05 bits per heavy atom. The van der Waals surface area contributed by atoms with Crippen LogP contribution in [-0.4, -0.2) is 59.1 Å². The van der Waals surface area contributed by atoms with Crippen LogP contribution >= 0.6 is 11.3 Å². The second-order valence-electron chi connectivity index (χ2n) is 5.83. The van der Waals surface area contributed by atoms with E-state index in [4.69, 9.17) is 0 Å². The molecule has 1 N–H and O–H groups in total. The van der Waals surface area contributed by atoms with Crippen molar-refractivity contribution in [2.24, 2.45) is 0 Å². The van der Waals surface area contributed by atoms with E-state index in [1.54, 1.807) is 0 Å². The van der Waals surface area contributed by atoms with E-state index in [0.29, 0.717) is 10.8 Å². The van der Waals surface area contributed by atoms with Crippen LogP contribution in [0.3, 0.4) is 0 Å². The maximum atomic E-state index is 11.4.